The summed E-state index contributed by atoms with van der Waals surface area (Å²) < 4.78 is 20.7. The van der Waals surface area contributed by atoms with Gasteiger partial charge < -0.3 is 18.9 Å². The van der Waals surface area contributed by atoms with Crippen LogP contribution in [-0.4, -0.2) is 50.3 Å². The standard InChI is InChI=1S/C26H36O8/c1-3-23(27)31-15-19-5-9-21(10-6-19)17-33-25(29)13-14-26(30)34-18-22-11-7-20(8-12-22)16-32-24(28)4-2/h3-4,13-14,19-22H,1-2,5-12,15-18H2/b14-13-. The summed E-state index contributed by atoms with van der Waals surface area (Å²) in [5.74, 6) is -0.736. The third-order valence-corrected chi connectivity index (χ3v) is 6.47. The molecule has 8 heteroatoms. The van der Waals surface area contributed by atoms with Crippen LogP contribution in [0.4, 0.5) is 0 Å². The predicted molar refractivity (Wildman–Crippen MR) is 124 cm³/mol. The lowest BCUT2D eigenvalue weighted by atomic mass is 9.83. The maximum absolute atomic E-state index is 11.9. The quantitative estimate of drug-likeness (QED) is 0.239. The number of hydrogen-bond acceptors (Lipinski definition) is 8. The van der Waals surface area contributed by atoms with Gasteiger partial charge in [-0.25, -0.2) is 19.2 Å². The van der Waals surface area contributed by atoms with E-state index in [1.54, 1.807) is 0 Å². The van der Waals surface area contributed by atoms with Gasteiger partial charge in [0.05, 0.1) is 26.4 Å². The van der Waals surface area contributed by atoms with Crippen molar-refractivity contribution in [3.8, 4) is 0 Å². The largest absolute Gasteiger partial charge is 0.462 e. The van der Waals surface area contributed by atoms with E-state index in [2.05, 4.69) is 13.2 Å². The van der Waals surface area contributed by atoms with Crippen LogP contribution in [0.25, 0.3) is 0 Å². The maximum atomic E-state index is 11.9. The van der Waals surface area contributed by atoms with Crippen molar-refractivity contribution in [1.82, 2.24) is 0 Å². The lowest BCUT2D eigenvalue weighted by Gasteiger charge is -2.27. The van der Waals surface area contributed by atoms with E-state index >= 15 is 0 Å². The lowest BCUT2D eigenvalue weighted by Crippen LogP contribution is -2.23. The van der Waals surface area contributed by atoms with Gasteiger partial charge in [-0.3, -0.25) is 0 Å². The van der Waals surface area contributed by atoms with E-state index in [0.717, 1.165) is 75.7 Å². The molecule has 188 valence electrons. The van der Waals surface area contributed by atoms with Crippen LogP contribution >= 0.6 is 0 Å². The molecule has 0 spiro atoms. The Hall–Kier alpha value is -2.90. The van der Waals surface area contributed by atoms with Crippen molar-refractivity contribution in [3.05, 3.63) is 37.5 Å². The smallest absolute Gasteiger partial charge is 0.331 e. The molecule has 0 heterocycles. The minimum atomic E-state index is -0.562. The summed E-state index contributed by atoms with van der Waals surface area (Å²) in [5.41, 5.74) is 0. The van der Waals surface area contributed by atoms with Crippen molar-refractivity contribution in [2.45, 2.75) is 51.4 Å². The molecule has 0 N–H and O–H groups in total. The molecule has 8 nitrogen and oxygen atoms in total. The monoisotopic (exact) mass is 476 g/mol. The molecule has 0 bridgehead atoms. The van der Waals surface area contributed by atoms with Gasteiger partial charge in [0.25, 0.3) is 0 Å². The second-order valence-corrected chi connectivity index (χ2v) is 9.04. The summed E-state index contributed by atoms with van der Waals surface area (Å²) in [6.45, 7) is 8.17. The Morgan fingerprint density at radius 1 is 0.500 bits per heavy atom. The number of carbonyl (C=O) groups is 4. The summed E-state index contributed by atoms with van der Waals surface area (Å²) in [6, 6.07) is 0. The molecule has 2 rings (SSSR count). The van der Waals surface area contributed by atoms with E-state index < -0.39 is 23.9 Å². The highest BCUT2D eigenvalue weighted by Crippen LogP contribution is 2.30. The van der Waals surface area contributed by atoms with Crippen LogP contribution in [0.15, 0.2) is 37.5 Å². The van der Waals surface area contributed by atoms with Gasteiger partial charge >= 0.3 is 23.9 Å². The van der Waals surface area contributed by atoms with Gasteiger partial charge in [-0.1, -0.05) is 13.2 Å². The summed E-state index contributed by atoms with van der Waals surface area (Å²) in [5, 5.41) is 0. The zero-order chi connectivity index (χ0) is 24.8. The number of esters is 4. The van der Waals surface area contributed by atoms with E-state index in [-0.39, 0.29) is 11.8 Å². The minimum absolute atomic E-state index is 0.270. The Balaban J connectivity index is 1.54. The van der Waals surface area contributed by atoms with Crippen LogP contribution in [0.5, 0.6) is 0 Å². The topological polar surface area (TPSA) is 105 Å². The van der Waals surface area contributed by atoms with Gasteiger partial charge in [-0.2, -0.15) is 0 Å². The van der Waals surface area contributed by atoms with Crippen molar-refractivity contribution < 1.29 is 38.1 Å². The Morgan fingerprint density at radius 2 is 0.735 bits per heavy atom. The number of ether oxygens (including phenoxy) is 4. The molecule has 0 atom stereocenters. The molecule has 0 aromatic heterocycles. The second kappa shape index (κ2) is 15.1. The van der Waals surface area contributed by atoms with Gasteiger partial charge in [0.1, 0.15) is 0 Å². The molecule has 2 fully saturated rings. The van der Waals surface area contributed by atoms with Crippen LogP contribution < -0.4 is 0 Å². The Bertz CT molecular complexity index is 678. The van der Waals surface area contributed by atoms with Crippen LogP contribution in [-0.2, 0) is 38.1 Å². The van der Waals surface area contributed by atoms with E-state index in [4.69, 9.17) is 18.9 Å². The van der Waals surface area contributed by atoms with Crippen LogP contribution in [0.2, 0.25) is 0 Å². The zero-order valence-corrected chi connectivity index (χ0v) is 19.8. The van der Waals surface area contributed by atoms with Crippen LogP contribution in [0.3, 0.4) is 0 Å². The van der Waals surface area contributed by atoms with Crippen molar-refractivity contribution in [1.29, 1.82) is 0 Å². The molecule has 0 amide bonds. The summed E-state index contributed by atoms with van der Waals surface area (Å²) in [6.07, 6.45) is 11.8. The van der Waals surface area contributed by atoms with Crippen molar-refractivity contribution >= 4 is 23.9 Å². The van der Waals surface area contributed by atoms with E-state index in [0.29, 0.717) is 38.3 Å². The van der Waals surface area contributed by atoms with Crippen molar-refractivity contribution in [3.63, 3.8) is 0 Å². The van der Waals surface area contributed by atoms with Crippen LogP contribution in [0, 0.1) is 23.7 Å². The first-order chi connectivity index (χ1) is 16.4. The first-order valence-corrected chi connectivity index (χ1v) is 12.0. The third-order valence-electron chi connectivity index (χ3n) is 6.47. The van der Waals surface area contributed by atoms with Gasteiger partial charge in [0.15, 0.2) is 0 Å². The third kappa shape index (κ3) is 10.8. The molecule has 34 heavy (non-hydrogen) atoms. The Labute approximate surface area is 201 Å². The second-order valence-electron chi connectivity index (χ2n) is 9.04. The zero-order valence-electron chi connectivity index (χ0n) is 19.8. The first-order valence-electron chi connectivity index (χ1n) is 12.0. The average molecular weight is 477 g/mol. The fourth-order valence-corrected chi connectivity index (χ4v) is 4.28. The minimum Gasteiger partial charge on any atom is -0.462 e. The molecule has 0 aromatic rings. The SMILES string of the molecule is C=CC(=O)OCC1CCC(COC(=O)/C=C\C(=O)OCC2CCC(COC(=O)C=C)CC2)CC1. The normalized spacial score (nSPS) is 24.6. The molecule has 2 saturated carbocycles. The first kappa shape index (κ1) is 27.3. The molecular weight excluding hydrogens is 440 g/mol. The maximum Gasteiger partial charge on any atom is 0.331 e. The molecular formula is C26H36O8. The molecule has 2 aliphatic rings. The summed E-state index contributed by atoms with van der Waals surface area (Å²) in [7, 11) is 0. The molecule has 2 aliphatic carbocycles. The van der Waals surface area contributed by atoms with Gasteiger partial charge in [0.2, 0.25) is 0 Å². The Kier molecular flexibility index (Phi) is 12.1. The number of carbonyl (C=O) groups excluding carboxylic acids is 4. The van der Waals surface area contributed by atoms with Gasteiger partial charge in [-0.15, -0.1) is 0 Å². The summed E-state index contributed by atoms with van der Waals surface area (Å²) >= 11 is 0. The van der Waals surface area contributed by atoms with E-state index in [1.807, 2.05) is 0 Å². The molecule has 0 aromatic carbocycles. The highest BCUT2D eigenvalue weighted by atomic mass is 16.5. The number of hydrogen-bond donors (Lipinski definition) is 0. The number of rotatable bonds is 12. The van der Waals surface area contributed by atoms with Crippen LogP contribution in [0.1, 0.15) is 51.4 Å². The Morgan fingerprint density at radius 3 is 0.971 bits per heavy atom. The fourth-order valence-electron chi connectivity index (χ4n) is 4.28. The fraction of sp³-hybridized carbons (Fsp3) is 0.615. The highest BCUT2D eigenvalue weighted by Gasteiger charge is 2.24. The average Bonchev–Trinajstić information content (AvgIpc) is 2.87. The van der Waals surface area contributed by atoms with Gasteiger partial charge in [-0.05, 0) is 75.0 Å². The molecule has 0 saturated heterocycles. The predicted octanol–water partition coefficient (Wildman–Crippen LogP) is 3.70. The van der Waals surface area contributed by atoms with E-state index in [9.17, 15) is 19.2 Å². The van der Waals surface area contributed by atoms with E-state index in [1.165, 1.54) is 0 Å². The molecule has 0 aliphatic heterocycles. The van der Waals surface area contributed by atoms with Gasteiger partial charge in [0, 0.05) is 24.3 Å². The summed E-state index contributed by atoms with van der Waals surface area (Å²) in [4.78, 5) is 46.1. The van der Waals surface area contributed by atoms with Crippen molar-refractivity contribution in [2.75, 3.05) is 26.4 Å². The molecule has 0 unspecified atom stereocenters. The highest BCUT2D eigenvalue weighted by molar-refractivity contribution is 5.91. The lowest BCUT2D eigenvalue weighted by molar-refractivity contribution is -0.143. The van der Waals surface area contributed by atoms with Crippen molar-refractivity contribution in [2.24, 2.45) is 23.7 Å². The molecule has 0 radical (unpaired) electrons.